The summed E-state index contributed by atoms with van der Waals surface area (Å²) in [4.78, 5) is 26.7. The minimum absolute atomic E-state index is 0.0592. The number of benzene rings is 1. The Hall–Kier alpha value is -2.81. The molecule has 7 N–H and O–H groups in total. The first-order valence-corrected chi connectivity index (χ1v) is 9.49. The molecule has 0 spiro atoms. The standard InChI is InChI=1S/C19H28N6O3/c1-19(2)13-8-12(11-5-6-11)9-14(26)17(13)25(18(19)28)10-16(27)22-7-3-4-15(23-20)24-21/h8-9,11,26H,3-7,10,20-21H2,1-2H3,(H,22,27)(H,23,24). The van der Waals surface area contributed by atoms with E-state index in [0.29, 0.717) is 36.8 Å². The van der Waals surface area contributed by atoms with Crippen molar-refractivity contribution in [3.63, 3.8) is 0 Å². The number of phenols is 1. The first-order chi connectivity index (χ1) is 13.3. The fourth-order valence-electron chi connectivity index (χ4n) is 3.62. The van der Waals surface area contributed by atoms with Gasteiger partial charge in [-0.15, -0.1) is 0 Å². The number of amidine groups is 1. The summed E-state index contributed by atoms with van der Waals surface area (Å²) < 4.78 is 0. The number of carbonyl (C=O) groups excluding carboxylic acids is 2. The van der Waals surface area contributed by atoms with Crippen molar-refractivity contribution in [1.29, 1.82) is 0 Å². The summed E-state index contributed by atoms with van der Waals surface area (Å²) in [7, 11) is 0. The highest BCUT2D eigenvalue weighted by molar-refractivity contribution is 6.11. The normalized spacial score (nSPS) is 18.2. The molecule has 0 unspecified atom stereocenters. The SMILES string of the molecule is CC1(C)C(=O)N(CC(=O)NCCC/C(=N/N)NN)c2c(O)cc(C3CC3)cc21. The van der Waals surface area contributed by atoms with Crippen LogP contribution in [-0.2, 0) is 15.0 Å². The lowest BCUT2D eigenvalue weighted by Gasteiger charge is -2.20. The monoisotopic (exact) mass is 388 g/mol. The molecule has 0 bridgehead atoms. The van der Waals surface area contributed by atoms with Crippen molar-refractivity contribution in [2.45, 2.75) is 50.9 Å². The van der Waals surface area contributed by atoms with Gasteiger partial charge < -0.3 is 21.7 Å². The molecule has 1 aromatic rings. The van der Waals surface area contributed by atoms with Gasteiger partial charge in [0.2, 0.25) is 11.8 Å². The van der Waals surface area contributed by atoms with E-state index in [9.17, 15) is 14.7 Å². The first kappa shape index (κ1) is 19.9. The van der Waals surface area contributed by atoms with Gasteiger partial charge in [0, 0.05) is 13.0 Å². The Morgan fingerprint density at radius 1 is 1.39 bits per heavy atom. The van der Waals surface area contributed by atoms with E-state index in [1.54, 1.807) is 6.07 Å². The molecule has 152 valence electrons. The number of carbonyl (C=O) groups is 2. The first-order valence-electron chi connectivity index (χ1n) is 9.49. The molecule has 28 heavy (non-hydrogen) atoms. The van der Waals surface area contributed by atoms with Gasteiger partial charge in [0.15, 0.2) is 0 Å². The minimum atomic E-state index is -0.780. The number of hydrogen-bond donors (Lipinski definition) is 5. The number of aromatic hydroxyl groups is 1. The molecule has 0 atom stereocenters. The van der Waals surface area contributed by atoms with E-state index in [2.05, 4.69) is 15.8 Å². The lowest BCUT2D eigenvalue weighted by atomic mass is 9.85. The molecule has 0 aromatic heterocycles. The lowest BCUT2D eigenvalue weighted by Crippen LogP contribution is -2.43. The zero-order valence-electron chi connectivity index (χ0n) is 16.3. The summed E-state index contributed by atoms with van der Waals surface area (Å²) in [6.07, 6.45) is 3.30. The van der Waals surface area contributed by atoms with Crippen molar-refractivity contribution in [3.05, 3.63) is 23.3 Å². The number of amides is 2. The number of nitrogens with two attached hydrogens (primary N) is 2. The summed E-state index contributed by atoms with van der Waals surface area (Å²) in [5.74, 6) is 10.9. The third kappa shape index (κ3) is 3.75. The highest BCUT2D eigenvalue weighted by Crippen LogP contribution is 2.50. The third-order valence-corrected chi connectivity index (χ3v) is 5.42. The second-order valence-electron chi connectivity index (χ2n) is 7.90. The highest BCUT2D eigenvalue weighted by atomic mass is 16.3. The Labute approximate surface area is 164 Å². The number of fused-ring (bicyclic) bond motifs is 1. The Bertz CT molecular complexity index is 816. The number of phenolic OH excluding ortho intramolecular Hbond substituents is 1. The molecule has 1 aliphatic carbocycles. The maximum Gasteiger partial charge on any atom is 0.240 e. The van der Waals surface area contributed by atoms with Gasteiger partial charge in [-0.25, -0.2) is 5.84 Å². The van der Waals surface area contributed by atoms with E-state index < -0.39 is 5.41 Å². The maximum atomic E-state index is 12.9. The largest absolute Gasteiger partial charge is 0.506 e. The van der Waals surface area contributed by atoms with Gasteiger partial charge in [-0.1, -0.05) is 6.07 Å². The maximum absolute atomic E-state index is 12.9. The van der Waals surface area contributed by atoms with Crippen LogP contribution in [0.3, 0.4) is 0 Å². The van der Waals surface area contributed by atoms with Gasteiger partial charge in [0.25, 0.3) is 0 Å². The van der Waals surface area contributed by atoms with Crippen LogP contribution in [0.2, 0.25) is 0 Å². The lowest BCUT2D eigenvalue weighted by molar-refractivity contribution is -0.125. The van der Waals surface area contributed by atoms with Gasteiger partial charge in [0.05, 0.1) is 11.1 Å². The number of anilines is 1. The van der Waals surface area contributed by atoms with Crippen LogP contribution in [0.25, 0.3) is 0 Å². The van der Waals surface area contributed by atoms with E-state index in [4.69, 9.17) is 11.7 Å². The van der Waals surface area contributed by atoms with Crippen molar-refractivity contribution < 1.29 is 14.7 Å². The minimum Gasteiger partial charge on any atom is -0.506 e. The zero-order chi connectivity index (χ0) is 20.5. The van der Waals surface area contributed by atoms with Crippen LogP contribution >= 0.6 is 0 Å². The highest BCUT2D eigenvalue weighted by Gasteiger charge is 2.46. The summed E-state index contributed by atoms with van der Waals surface area (Å²) in [5, 5.41) is 16.8. The van der Waals surface area contributed by atoms with Gasteiger partial charge >= 0.3 is 0 Å². The molecule has 0 radical (unpaired) electrons. The van der Waals surface area contributed by atoms with E-state index in [0.717, 1.165) is 24.0 Å². The second-order valence-corrected chi connectivity index (χ2v) is 7.90. The number of nitrogens with one attached hydrogen (secondary N) is 2. The molecule has 1 saturated carbocycles. The van der Waals surface area contributed by atoms with Crippen molar-refractivity contribution >= 4 is 23.3 Å². The summed E-state index contributed by atoms with van der Waals surface area (Å²) in [6.45, 7) is 3.91. The fourth-order valence-corrected chi connectivity index (χ4v) is 3.62. The third-order valence-electron chi connectivity index (χ3n) is 5.42. The Morgan fingerprint density at radius 2 is 2.11 bits per heavy atom. The molecule has 1 heterocycles. The number of hydrazone groups is 1. The van der Waals surface area contributed by atoms with Crippen LogP contribution in [0.5, 0.6) is 5.75 Å². The van der Waals surface area contributed by atoms with Crippen LogP contribution < -0.4 is 27.3 Å². The molecule has 0 saturated heterocycles. The van der Waals surface area contributed by atoms with E-state index >= 15 is 0 Å². The van der Waals surface area contributed by atoms with Crippen molar-refractivity contribution in [2.75, 3.05) is 18.0 Å². The smallest absolute Gasteiger partial charge is 0.240 e. The van der Waals surface area contributed by atoms with Crippen molar-refractivity contribution in [3.8, 4) is 5.75 Å². The Balaban J connectivity index is 1.68. The van der Waals surface area contributed by atoms with Crippen LogP contribution in [-0.4, -0.2) is 35.8 Å². The number of nitrogens with zero attached hydrogens (tertiary/aromatic N) is 2. The molecular formula is C19H28N6O3. The summed E-state index contributed by atoms with van der Waals surface area (Å²) in [6, 6.07) is 3.74. The van der Waals surface area contributed by atoms with Crippen LogP contribution in [0.15, 0.2) is 17.2 Å². The topological polar surface area (TPSA) is 146 Å². The molecule has 1 aromatic carbocycles. The van der Waals surface area contributed by atoms with Crippen LogP contribution in [0.4, 0.5) is 5.69 Å². The average Bonchev–Trinajstić information content (AvgIpc) is 3.48. The second kappa shape index (κ2) is 7.67. The number of rotatable bonds is 7. The number of hydrogen-bond acceptors (Lipinski definition) is 6. The van der Waals surface area contributed by atoms with Gasteiger partial charge in [-0.05, 0) is 56.2 Å². The van der Waals surface area contributed by atoms with E-state index in [-0.39, 0.29) is 24.1 Å². The molecule has 1 aliphatic heterocycles. The fraction of sp³-hybridized carbons (Fsp3) is 0.526. The molecule has 2 amide bonds. The van der Waals surface area contributed by atoms with Gasteiger partial charge in [-0.3, -0.25) is 14.5 Å². The molecule has 1 fully saturated rings. The summed E-state index contributed by atoms with van der Waals surface area (Å²) in [5.41, 5.74) is 3.89. The number of hydrazine groups is 1. The molecule has 3 rings (SSSR count). The van der Waals surface area contributed by atoms with Crippen LogP contribution in [0.1, 0.15) is 56.6 Å². The molecule has 9 nitrogen and oxygen atoms in total. The molecular weight excluding hydrogens is 360 g/mol. The zero-order valence-corrected chi connectivity index (χ0v) is 16.3. The van der Waals surface area contributed by atoms with Gasteiger partial charge in [0.1, 0.15) is 18.1 Å². The van der Waals surface area contributed by atoms with E-state index in [1.807, 2.05) is 19.9 Å². The quantitative estimate of drug-likeness (QED) is 0.151. The van der Waals surface area contributed by atoms with Gasteiger partial charge in [-0.2, -0.15) is 5.10 Å². The molecule has 2 aliphatic rings. The van der Waals surface area contributed by atoms with Crippen molar-refractivity contribution in [2.24, 2.45) is 16.8 Å². The predicted molar refractivity (Wildman–Crippen MR) is 107 cm³/mol. The average molecular weight is 388 g/mol. The summed E-state index contributed by atoms with van der Waals surface area (Å²) >= 11 is 0. The predicted octanol–water partition coefficient (Wildman–Crippen LogP) is 0.526. The van der Waals surface area contributed by atoms with Crippen LogP contribution in [0, 0.1) is 0 Å². The van der Waals surface area contributed by atoms with Crippen molar-refractivity contribution in [1.82, 2.24) is 10.7 Å². The van der Waals surface area contributed by atoms with E-state index in [1.165, 1.54) is 4.90 Å². The molecule has 9 heteroatoms. The Morgan fingerprint density at radius 3 is 2.71 bits per heavy atom. The Kier molecular flexibility index (Phi) is 5.46.